The molecule has 1 aromatic carbocycles. The van der Waals surface area contributed by atoms with Gasteiger partial charge in [-0.25, -0.2) is 0 Å². The Bertz CT molecular complexity index is 636. The molecule has 98 valence electrons. The molecule has 0 saturated carbocycles. The lowest BCUT2D eigenvalue weighted by atomic mass is 10.1. The summed E-state index contributed by atoms with van der Waals surface area (Å²) in [7, 11) is 1.64. The van der Waals surface area contributed by atoms with Crippen LogP contribution < -0.4 is 10.6 Å². The Morgan fingerprint density at radius 1 is 1.42 bits per heavy atom. The molecule has 1 amide bonds. The van der Waals surface area contributed by atoms with E-state index < -0.39 is 0 Å². The lowest BCUT2D eigenvalue weighted by Gasteiger charge is -2.18. The SMILES string of the molecule is Cc1cc(C(=O)N(C)c2ccccc2C(N)=S)on1. The third kappa shape index (κ3) is 2.63. The number of nitrogens with two attached hydrogens (primary N) is 1. The molecular weight excluding hydrogens is 262 g/mol. The van der Waals surface area contributed by atoms with Gasteiger partial charge in [-0.3, -0.25) is 4.79 Å². The van der Waals surface area contributed by atoms with E-state index in [1.807, 2.05) is 12.1 Å². The van der Waals surface area contributed by atoms with Crippen molar-refractivity contribution in [2.45, 2.75) is 6.92 Å². The van der Waals surface area contributed by atoms with Crippen LogP contribution in [-0.2, 0) is 0 Å². The first-order valence-corrected chi connectivity index (χ1v) is 6.01. The summed E-state index contributed by atoms with van der Waals surface area (Å²) in [4.78, 5) is 13.9. The van der Waals surface area contributed by atoms with Crippen LogP contribution in [0, 0.1) is 6.92 Å². The van der Waals surface area contributed by atoms with Crippen LogP contribution >= 0.6 is 12.2 Å². The first-order chi connectivity index (χ1) is 9.00. The number of amides is 1. The van der Waals surface area contributed by atoms with Crippen molar-refractivity contribution in [1.82, 2.24) is 5.16 Å². The lowest BCUT2D eigenvalue weighted by molar-refractivity contribution is 0.0957. The molecule has 0 aliphatic heterocycles. The summed E-state index contributed by atoms with van der Waals surface area (Å²) in [6, 6.07) is 8.76. The minimum atomic E-state index is -0.302. The third-order valence-electron chi connectivity index (χ3n) is 2.67. The van der Waals surface area contributed by atoms with Crippen molar-refractivity contribution >= 4 is 28.8 Å². The van der Waals surface area contributed by atoms with Gasteiger partial charge in [-0.15, -0.1) is 0 Å². The van der Waals surface area contributed by atoms with Gasteiger partial charge in [0, 0.05) is 18.7 Å². The molecule has 0 aliphatic carbocycles. The van der Waals surface area contributed by atoms with Gasteiger partial charge in [0.15, 0.2) is 0 Å². The zero-order valence-corrected chi connectivity index (χ0v) is 11.4. The first kappa shape index (κ1) is 13.2. The number of nitrogens with zero attached hydrogens (tertiary/aromatic N) is 2. The van der Waals surface area contributed by atoms with E-state index in [0.29, 0.717) is 16.9 Å². The fourth-order valence-electron chi connectivity index (χ4n) is 1.71. The van der Waals surface area contributed by atoms with Crippen molar-refractivity contribution in [2.75, 3.05) is 11.9 Å². The molecule has 1 aromatic heterocycles. The fraction of sp³-hybridized carbons (Fsp3) is 0.154. The van der Waals surface area contributed by atoms with Gasteiger partial charge in [0.2, 0.25) is 5.76 Å². The predicted molar refractivity (Wildman–Crippen MR) is 76.3 cm³/mol. The molecule has 5 nitrogen and oxygen atoms in total. The van der Waals surface area contributed by atoms with E-state index in [4.69, 9.17) is 22.5 Å². The summed E-state index contributed by atoms with van der Waals surface area (Å²) in [6.45, 7) is 1.75. The zero-order valence-electron chi connectivity index (χ0n) is 10.6. The Kier molecular flexibility index (Phi) is 3.62. The second-order valence-corrected chi connectivity index (χ2v) is 4.52. The first-order valence-electron chi connectivity index (χ1n) is 5.61. The molecule has 0 spiro atoms. The minimum absolute atomic E-state index is 0.178. The highest BCUT2D eigenvalue weighted by Gasteiger charge is 2.20. The maximum Gasteiger partial charge on any atom is 0.296 e. The van der Waals surface area contributed by atoms with Gasteiger partial charge in [0.05, 0.1) is 11.4 Å². The Morgan fingerprint density at radius 3 is 2.68 bits per heavy atom. The normalized spacial score (nSPS) is 10.2. The molecule has 0 radical (unpaired) electrons. The second kappa shape index (κ2) is 5.19. The molecular formula is C13H13N3O2S. The van der Waals surface area contributed by atoms with E-state index >= 15 is 0 Å². The van der Waals surface area contributed by atoms with E-state index in [-0.39, 0.29) is 16.7 Å². The van der Waals surface area contributed by atoms with Crippen LogP contribution in [0.15, 0.2) is 34.9 Å². The van der Waals surface area contributed by atoms with E-state index in [1.165, 1.54) is 4.90 Å². The summed E-state index contributed by atoms with van der Waals surface area (Å²) in [5, 5.41) is 3.70. The number of thiocarbonyl (C=S) groups is 1. The highest BCUT2D eigenvalue weighted by molar-refractivity contribution is 7.80. The number of anilines is 1. The quantitative estimate of drug-likeness (QED) is 0.866. The van der Waals surface area contributed by atoms with Gasteiger partial charge in [-0.1, -0.05) is 29.5 Å². The molecule has 19 heavy (non-hydrogen) atoms. The molecule has 0 saturated heterocycles. The molecule has 0 atom stereocenters. The summed E-state index contributed by atoms with van der Waals surface area (Å²) < 4.78 is 4.96. The van der Waals surface area contributed by atoms with Crippen LogP contribution in [0.5, 0.6) is 0 Å². The standard InChI is InChI=1S/C13H13N3O2S/c1-8-7-11(18-15-8)13(17)16(2)10-6-4-3-5-9(10)12(14)19/h3-7H,1-2H3,(H2,14,19). The fourth-order valence-corrected chi connectivity index (χ4v) is 1.89. The van der Waals surface area contributed by atoms with Crippen molar-refractivity contribution < 1.29 is 9.32 Å². The highest BCUT2D eigenvalue weighted by atomic mass is 32.1. The molecule has 0 bridgehead atoms. The number of aromatic nitrogens is 1. The monoisotopic (exact) mass is 275 g/mol. The largest absolute Gasteiger partial charge is 0.389 e. The van der Waals surface area contributed by atoms with E-state index in [1.54, 1.807) is 32.2 Å². The van der Waals surface area contributed by atoms with Crippen molar-refractivity contribution in [1.29, 1.82) is 0 Å². The molecule has 0 fully saturated rings. The number of rotatable bonds is 3. The van der Waals surface area contributed by atoms with Crippen LogP contribution in [0.3, 0.4) is 0 Å². The van der Waals surface area contributed by atoms with Gasteiger partial charge in [-0.05, 0) is 19.1 Å². The van der Waals surface area contributed by atoms with E-state index in [9.17, 15) is 4.79 Å². The molecule has 2 aromatic rings. The van der Waals surface area contributed by atoms with Crippen molar-refractivity contribution in [3.05, 3.63) is 47.3 Å². The van der Waals surface area contributed by atoms with Crippen LogP contribution in [0.2, 0.25) is 0 Å². The Balaban J connectivity index is 2.37. The number of hydrogen-bond donors (Lipinski definition) is 1. The predicted octanol–water partition coefficient (Wildman–Crippen LogP) is 1.89. The Labute approximate surface area is 116 Å². The van der Waals surface area contributed by atoms with Gasteiger partial charge in [0.1, 0.15) is 4.99 Å². The van der Waals surface area contributed by atoms with Crippen molar-refractivity contribution in [3.8, 4) is 0 Å². The van der Waals surface area contributed by atoms with Crippen LogP contribution in [0.1, 0.15) is 21.8 Å². The Morgan fingerprint density at radius 2 is 2.11 bits per heavy atom. The maximum atomic E-state index is 12.2. The number of para-hydroxylation sites is 1. The number of aryl methyl sites for hydroxylation is 1. The molecule has 0 aliphatic rings. The number of carbonyl (C=O) groups excluding carboxylic acids is 1. The second-order valence-electron chi connectivity index (χ2n) is 4.08. The summed E-state index contributed by atoms with van der Waals surface area (Å²) >= 11 is 4.98. The number of benzene rings is 1. The van der Waals surface area contributed by atoms with E-state index in [2.05, 4.69) is 5.16 Å². The summed E-state index contributed by atoms with van der Waals surface area (Å²) in [5.41, 5.74) is 7.58. The van der Waals surface area contributed by atoms with Gasteiger partial charge < -0.3 is 15.2 Å². The van der Waals surface area contributed by atoms with Gasteiger partial charge in [0.25, 0.3) is 5.91 Å². The van der Waals surface area contributed by atoms with Gasteiger partial charge in [-0.2, -0.15) is 0 Å². The lowest BCUT2D eigenvalue weighted by Crippen LogP contribution is -2.28. The van der Waals surface area contributed by atoms with Crippen LogP contribution in [0.4, 0.5) is 5.69 Å². The third-order valence-corrected chi connectivity index (χ3v) is 2.89. The molecule has 0 unspecified atom stereocenters. The maximum absolute atomic E-state index is 12.2. The average molecular weight is 275 g/mol. The van der Waals surface area contributed by atoms with Gasteiger partial charge >= 0.3 is 0 Å². The van der Waals surface area contributed by atoms with Crippen LogP contribution in [0.25, 0.3) is 0 Å². The summed E-state index contributed by atoms with van der Waals surface area (Å²) in [6.07, 6.45) is 0. The topological polar surface area (TPSA) is 72.4 Å². The number of hydrogen-bond acceptors (Lipinski definition) is 4. The highest BCUT2D eigenvalue weighted by Crippen LogP contribution is 2.21. The molecule has 6 heteroatoms. The smallest absolute Gasteiger partial charge is 0.296 e. The summed E-state index contributed by atoms with van der Waals surface area (Å²) in [5.74, 6) is -0.123. The number of carbonyl (C=O) groups is 1. The zero-order chi connectivity index (χ0) is 14.0. The van der Waals surface area contributed by atoms with Crippen molar-refractivity contribution in [2.24, 2.45) is 5.73 Å². The Hall–Kier alpha value is -2.21. The van der Waals surface area contributed by atoms with Crippen molar-refractivity contribution in [3.63, 3.8) is 0 Å². The van der Waals surface area contributed by atoms with Crippen LogP contribution in [-0.4, -0.2) is 23.1 Å². The molecule has 2 N–H and O–H groups in total. The minimum Gasteiger partial charge on any atom is -0.389 e. The molecule has 1 heterocycles. The average Bonchev–Trinajstić information content (AvgIpc) is 2.83. The van der Waals surface area contributed by atoms with E-state index in [0.717, 1.165) is 0 Å². The molecule has 2 rings (SSSR count).